The van der Waals surface area contributed by atoms with Crippen molar-refractivity contribution in [2.24, 2.45) is 0 Å². The van der Waals surface area contributed by atoms with Gasteiger partial charge in [0.15, 0.2) is 0 Å². The number of benzene rings is 11. The third kappa shape index (κ3) is 22.7. The lowest BCUT2D eigenvalue weighted by molar-refractivity contribution is 0.0557. The van der Waals surface area contributed by atoms with E-state index < -0.39 is 164 Å². The van der Waals surface area contributed by atoms with Crippen molar-refractivity contribution < 1.29 is 146 Å². The molecule has 10 N–H and O–H groups in total. The fourth-order valence-corrected chi connectivity index (χ4v) is 20.8. The van der Waals surface area contributed by atoms with Gasteiger partial charge in [0.2, 0.25) is 30.1 Å². The van der Waals surface area contributed by atoms with Crippen molar-refractivity contribution in [1.29, 1.82) is 5.26 Å². The minimum atomic E-state index is -5.89. The maximum Gasteiger partial charge on any atom is 0.399 e. The van der Waals surface area contributed by atoms with Crippen molar-refractivity contribution in [2.45, 2.75) is 82.3 Å². The van der Waals surface area contributed by atoms with Crippen LogP contribution in [0.3, 0.4) is 0 Å². The number of fused-ring (bicyclic) bond motifs is 1. The Morgan fingerprint density at radius 3 is 1.13 bits per heavy atom. The maximum atomic E-state index is 14.3. The van der Waals surface area contributed by atoms with E-state index in [2.05, 4.69) is 37.9 Å². The molecule has 11 rings (SSSR count). The summed E-state index contributed by atoms with van der Waals surface area (Å²) in [6.07, 6.45) is 0. The number of sulfonamides is 3. The lowest BCUT2D eigenvalue weighted by Gasteiger charge is -2.24. The molecule has 660 valence electrons. The van der Waals surface area contributed by atoms with Crippen molar-refractivity contribution in [3.05, 3.63) is 329 Å². The normalized spacial score (nSPS) is 13.1. The van der Waals surface area contributed by atoms with Crippen LogP contribution in [-0.4, -0.2) is 94.2 Å². The van der Waals surface area contributed by atoms with Crippen LogP contribution in [0, 0.1) is 11.3 Å². The first-order valence-corrected chi connectivity index (χ1v) is 49.2. The first-order valence-electron chi connectivity index (χ1n) is 34.8. The highest BCUT2D eigenvalue weighted by Gasteiger charge is 2.55. The van der Waals surface area contributed by atoms with Crippen LogP contribution in [0.5, 0.6) is 5.75 Å². The third-order valence-electron chi connectivity index (χ3n) is 18.4. The van der Waals surface area contributed by atoms with Crippen LogP contribution in [0.4, 0.5) is 43.9 Å². The molecule has 0 amide bonds. The first kappa shape index (κ1) is 99.8. The summed E-state index contributed by atoms with van der Waals surface area (Å²) in [7, 11) is -40.8. The van der Waals surface area contributed by atoms with Crippen molar-refractivity contribution in [3.8, 4) is 22.9 Å². The zero-order valence-corrected chi connectivity index (χ0v) is 73.8. The lowest BCUT2D eigenvalue weighted by atomic mass is 10.0. The number of nitrogens with zero attached hydrogens (tertiary/aromatic N) is 4. The average Bonchev–Trinajstić information content (AvgIpc) is 0.775. The number of methoxy groups -OCH3 is 1. The minimum absolute atomic E-state index is 0.102. The Hall–Kier alpha value is -8.00. The summed E-state index contributed by atoms with van der Waals surface area (Å²) in [5, 5.41) is 9.91. The van der Waals surface area contributed by atoms with Crippen LogP contribution in [0.25, 0.3) is 21.9 Å². The number of rotatable bonds is 30. The standard InChI is InChI=1S/C29H24ClF2N2O6PS.C26H22BrF4NO8P2S.C22H20BrF4NO8P2S/c1-40-27-7-2-3-8-28(27)42(38,39)34(19-22-11-14-25(26(30)16-22)29(31,32)41(35,36)37)18-20-9-12-23(13-10-20)24-6-4-5-21(15-24)17-33;27-24-13-18(7-12-23(24)26(30,31)42(36,37)38)16-32(15-17-5-9-21(10-6-17)25(28,29)41(33,34)35)43(39,40)22-11-8-19-3-1-2-4-20(19)14-22;23-20-12-16(8-11-19(20)22(26,27)38(32,33)34)14-28(39(35,36)18-4-2-1-3-5-18)13-15-6-9-17(10-7-15)21(24,25)37(29,30)31/h2-16H,18-19H2,1H3,(H2,35,36,37);1-14H,15-16H2,(H2,33,34,35)(H2,36,37,38);1-12H,13-14H2,(H2,29,30,31)(H2,32,33,34). The molecule has 0 saturated heterocycles. The number of ether oxygens (including phenoxy) is 1. The molecule has 0 unspecified atom stereocenters. The number of halogens is 13. The minimum Gasteiger partial charge on any atom is -0.495 e. The molecule has 0 fully saturated rings. The van der Waals surface area contributed by atoms with E-state index in [9.17, 15) is 97.2 Å². The van der Waals surface area contributed by atoms with Crippen LogP contribution < -0.4 is 4.74 Å². The molecule has 0 radical (unpaired) electrons. The van der Waals surface area contributed by atoms with E-state index in [0.29, 0.717) is 16.5 Å². The van der Waals surface area contributed by atoms with Gasteiger partial charge in [-0.05, 0) is 122 Å². The van der Waals surface area contributed by atoms with E-state index in [1.807, 2.05) is 6.07 Å². The first-order chi connectivity index (χ1) is 57.3. The quantitative estimate of drug-likeness (QED) is 0.0148. The van der Waals surface area contributed by atoms with Crippen LogP contribution >= 0.6 is 81.4 Å². The molecule has 26 nitrogen and oxygen atoms in total. The van der Waals surface area contributed by atoms with Crippen LogP contribution in [0.2, 0.25) is 5.02 Å². The fourth-order valence-electron chi connectivity index (χ4n) is 11.8. The second kappa shape index (κ2) is 38.5. The Morgan fingerprint density at radius 1 is 0.363 bits per heavy atom. The van der Waals surface area contributed by atoms with Gasteiger partial charge < -0.3 is 53.7 Å². The van der Waals surface area contributed by atoms with E-state index in [4.69, 9.17) is 65.3 Å². The van der Waals surface area contributed by atoms with Gasteiger partial charge in [-0.1, -0.05) is 225 Å². The summed E-state index contributed by atoms with van der Waals surface area (Å²) >= 11 is 11.7. The van der Waals surface area contributed by atoms with Crippen molar-refractivity contribution in [3.63, 3.8) is 0 Å². The summed E-state index contributed by atoms with van der Waals surface area (Å²) in [5.74, 6) is 0.102. The summed E-state index contributed by atoms with van der Waals surface area (Å²) < 4.78 is 288. The predicted octanol–water partition coefficient (Wildman–Crippen LogP) is 18.2. The van der Waals surface area contributed by atoms with Gasteiger partial charge in [0, 0.05) is 70.5 Å². The molecule has 47 heteroatoms. The van der Waals surface area contributed by atoms with Crippen molar-refractivity contribution >= 4 is 122 Å². The Kier molecular flexibility index (Phi) is 31.0. The van der Waals surface area contributed by atoms with Crippen LogP contribution in [0.1, 0.15) is 66.8 Å². The highest BCUT2D eigenvalue weighted by molar-refractivity contribution is 9.10. The molecular weight excluding hydrogens is 1970 g/mol. The number of hydrogen-bond acceptors (Lipinski definition) is 13. The van der Waals surface area contributed by atoms with E-state index >= 15 is 0 Å². The third-order valence-corrected chi connectivity index (χ3v) is 30.3. The summed E-state index contributed by atoms with van der Waals surface area (Å²) in [6.45, 7) is -2.18. The number of alkyl halides is 10. The highest BCUT2D eigenvalue weighted by Crippen LogP contribution is 2.64. The summed E-state index contributed by atoms with van der Waals surface area (Å²) in [4.78, 5) is 89.8. The van der Waals surface area contributed by atoms with Gasteiger partial charge in [-0.15, -0.1) is 0 Å². The molecule has 11 aromatic carbocycles. The van der Waals surface area contributed by atoms with E-state index in [0.717, 1.165) is 133 Å². The highest BCUT2D eigenvalue weighted by atomic mass is 79.9. The van der Waals surface area contributed by atoms with Gasteiger partial charge in [0.25, 0.3) is 0 Å². The zero-order valence-electron chi connectivity index (χ0n) is 62.9. The molecule has 0 aromatic heterocycles. The Bertz CT molecular complexity index is 6470. The number of hydrogen-bond donors (Lipinski definition) is 10. The number of nitriles is 1. The summed E-state index contributed by atoms with van der Waals surface area (Å²) in [6, 6.07) is 56.5. The van der Waals surface area contributed by atoms with E-state index in [1.165, 1.54) is 61.7 Å². The SMILES string of the molecule is COc1ccccc1S(=O)(=O)N(Cc1ccc(-c2cccc(C#N)c2)cc1)Cc1ccc(C(F)(F)P(=O)(O)O)c(Cl)c1.O=P(O)(O)C(F)(F)c1ccc(CN(Cc2ccc(C(F)(F)P(=O)(O)O)c(Br)c2)S(=O)(=O)c2ccc3ccccc3c2)cc1.O=P(O)(O)C(F)(F)c1ccc(CN(Cc2ccc(C(F)(F)P(=O)(O)O)c(Br)c2)S(=O)(=O)c2ccccc2)cc1. The maximum absolute atomic E-state index is 14.3. The topological polar surface area (TPSA) is 433 Å². The molecule has 0 saturated carbocycles. The molecule has 0 spiro atoms. The van der Waals surface area contributed by atoms with Gasteiger partial charge >= 0.3 is 66.3 Å². The van der Waals surface area contributed by atoms with Gasteiger partial charge in [0.05, 0.1) is 39.1 Å². The number of para-hydroxylation sites is 1. The zero-order chi connectivity index (χ0) is 92.2. The average molecular weight is 2040 g/mol. The van der Waals surface area contributed by atoms with Crippen LogP contribution in [0.15, 0.2) is 272 Å². The van der Waals surface area contributed by atoms with E-state index in [1.54, 1.807) is 84.9 Å². The molecule has 0 atom stereocenters. The molecule has 0 aliphatic heterocycles. The fraction of sp³-hybridized carbons (Fsp3) is 0.156. The molecule has 0 bridgehead atoms. The molecule has 0 heterocycles. The monoisotopic (exact) mass is 2030 g/mol. The van der Waals surface area contributed by atoms with Gasteiger partial charge in [-0.3, -0.25) is 22.8 Å². The largest absolute Gasteiger partial charge is 0.495 e. The Balaban J connectivity index is 0.000000211. The van der Waals surface area contributed by atoms with Gasteiger partial charge in [-0.2, -0.15) is 62.1 Å². The molecule has 124 heavy (non-hydrogen) atoms. The van der Waals surface area contributed by atoms with Gasteiger partial charge in [-0.25, -0.2) is 25.3 Å². The molecule has 0 aliphatic carbocycles. The van der Waals surface area contributed by atoms with Crippen molar-refractivity contribution in [1.82, 2.24) is 12.9 Å². The molecular formula is C77H66Br2ClF10N4O22P5S3. The Labute approximate surface area is 722 Å². The Morgan fingerprint density at radius 2 is 0.718 bits per heavy atom. The van der Waals surface area contributed by atoms with Crippen molar-refractivity contribution in [2.75, 3.05) is 7.11 Å². The van der Waals surface area contributed by atoms with Crippen LogP contribution in [-0.2, 0) is 120 Å². The lowest BCUT2D eigenvalue weighted by Crippen LogP contribution is -2.30. The second-order valence-electron chi connectivity index (χ2n) is 26.9. The molecule has 0 aliphatic rings. The molecule has 11 aromatic rings. The summed E-state index contributed by atoms with van der Waals surface area (Å²) in [5.41, 5.74) is -24.1. The van der Waals surface area contributed by atoms with Gasteiger partial charge in [0.1, 0.15) is 10.6 Å². The van der Waals surface area contributed by atoms with E-state index in [-0.39, 0.29) is 61.3 Å². The predicted molar refractivity (Wildman–Crippen MR) is 442 cm³/mol. The second-order valence-corrected chi connectivity index (χ2v) is 43.1. The smallest absolute Gasteiger partial charge is 0.399 e.